The van der Waals surface area contributed by atoms with E-state index in [1.165, 1.54) is 25.6 Å². The Morgan fingerprint density at radius 2 is 1.67 bits per heavy atom. The summed E-state index contributed by atoms with van der Waals surface area (Å²) in [5.74, 6) is 1.80. The second kappa shape index (κ2) is 9.74. The van der Waals surface area contributed by atoms with Gasteiger partial charge < -0.3 is 18.9 Å². The van der Waals surface area contributed by atoms with Gasteiger partial charge in [0.25, 0.3) is 5.91 Å². The van der Waals surface area contributed by atoms with Crippen LogP contribution in [0.15, 0.2) is 54.9 Å². The van der Waals surface area contributed by atoms with Gasteiger partial charge in [-0.25, -0.2) is 4.98 Å². The monoisotopic (exact) mass is 465 g/mol. The van der Waals surface area contributed by atoms with Crippen molar-refractivity contribution in [2.75, 3.05) is 33.3 Å². The van der Waals surface area contributed by atoms with Gasteiger partial charge in [-0.1, -0.05) is 23.5 Å². The molecule has 0 fully saturated rings. The normalized spacial score (nSPS) is 10.7. The highest BCUT2D eigenvalue weighted by molar-refractivity contribution is 7.22. The first-order valence-electron chi connectivity index (χ1n) is 10.0. The van der Waals surface area contributed by atoms with E-state index in [0.29, 0.717) is 39.2 Å². The number of hydrogen-bond donors (Lipinski definition) is 0. The number of anilines is 1. The van der Waals surface area contributed by atoms with E-state index < -0.39 is 0 Å². The lowest BCUT2D eigenvalue weighted by Gasteiger charge is -2.21. The van der Waals surface area contributed by atoms with Gasteiger partial charge in [0, 0.05) is 12.4 Å². The Balaban J connectivity index is 1.87. The third-order valence-corrected chi connectivity index (χ3v) is 6.16. The van der Waals surface area contributed by atoms with E-state index in [-0.39, 0.29) is 12.5 Å². The minimum atomic E-state index is -0.286. The Bertz CT molecular complexity index is 1240. The maximum Gasteiger partial charge on any atom is 0.264 e. The van der Waals surface area contributed by atoms with E-state index in [0.717, 1.165) is 10.3 Å². The molecule has 8 nitrogen and oxygen atoms in total. The molecule has 0 radical (unpaired) electrons. The van der Waals surface area contributed by atoms with Crippen molar-refractivity contribution in [1.29, 1.82) is 0 Å². The second-order valence-electron chi connectivity index (χ2n) is 6.94. The minimum Gasteiger partial charge on any atom is -0.495 e. The van der Waals surface area contributed by atoms with Gasteiger partial charge in [0.15, 0.2) is 16.6 Å². The lowest BCUT2D eigenvalue weighted by Crippen LogP contribution is -2.30. The van der Waals surface area contributed by atoms with Crippen LogP contribution in [0.25, 0.3) is 10.2 Å². The number of ether oxygens (including phenoxy) is 4. The average Bonchev–Trinajstić information content (AvgIpc) is 3.31. The van der Waals surface area contributed by atoms with E-state index in [1.807, 2.05) is 18.2 Å². The van der Waals surface area contributed by atoms with Gasteiger partial charge in [0.1, 0.15) is 21.7 Å². The molecule has 2 heterocycles. The summed E-state index contributed by atoms with van der Waals surface area (Å²) >= 11 is 1.35. The molecule has 4 aromatic rings. The Morgan fingerprint density at radius 3 is 2.33 bits per heavy atom. The highest BCUT2D eigenvalue weighted by Gasteiger charge is 2.27. The molecule has 0 aliphatic heterocycles. The molecule has 0 spiro atoms. The molecule has 33 heavy (non-hydrogen) atoms. The van der Waals surface area contributed by atoms with Crippen molar-refractivity contribution in [3.8, 4) is 23.0 Å². The summed E-state index contributed by atoms with van der Waals surface area (Å²) in [5.41, 5.74) is 1.84. The highest BCUT2D eigenvalue weighted by Crippen LogP contribution is 2.41. The molecule has 2 aromatic carbocycles. The molecule has 9 heteroatoms. The molecule has 0 saturated heterocycles. The number of hydrogen-bond acceptors (Lipinski definition) is 8. The van der Waals surface area contributed by atoms with Crippen LogP contribution in [0.3, 0.4) is 0 Å². The van der Waals surface area contributed by atoms with Gasteiger partial charge in [-0.3, -0.25) is 14.7 Å². The number of amides is 1. The predicted octanol–water partition coefficient (Wildman–Crippen LogP) is 4.57. The first-order valence-corrected chi connectivity index (χ1v) is 10.9. The van der Waals surface area contributed by atoms with Crippen molar-refractivity contribution in [3.05, 3.63) is 66.0 Å². The summed E-state index contributed by atoms with van der Waals surface area (Å²) in [4.78, 5) is 24.4. The number of thiazole rings is 1. The summed E-state index contributed by atoms with van der Waals surface area (Å²) in [6, 6.07) is 12.5. The van der Waals surface area contributed by atoms with Crippen molar-refractivity contribution >= 4 is 32.6 Å². The molecule has 0 aliphatic carbocycles. The molecule has 0 N–H and O–H groups in total. The Kier molecular flexibility index (Phi) is 6.60. The van der Waals surface area contributed by atoms with Crippen LogP contribution in [0.1, 0.15) is 15.9 Å². The van der Waals surface area contributed by atoms with E-state index in [2.05, 4.69) is 4.98 Å². The minimum absolute atomic E-state index is 0.261. The van der Waals surface area contributed by atoms with Crippen LogP contribution in [-0.4, -0.2) is 44.3 Å². The van der Waals surface area contributed by atoms with Gasteiger partial charge in [-0.15, -0.1) is 0 Å². The average molecular weight is 466 g/mol. The SMILES string of the molecule is COc1cccc(C(=O)N(Cc2cccnc2)c2nc3c(OC)ccc(OC)c3s2)c1OC. The van der Waals surface area contributed by atoms with Crippen LogP contribution in [-0.2, 0) is 6.54 Å². The topological polar surface area (TPSA) is 83.0 Å². The molecule has 2 aromatic heterocycles. The number of carbonyl (C=O) groups is 1. The van der Waals surface area contributed by atoms with Crippen molar-refractivity contribution in [1.82, 2.24) is 9.97 Å². The number of nitrogens with zero attached hydrogens (tertiary/aromatic N) is 3. The van der Waals surface area contributed by atoms with Crippen LogP contribution in [0.4, 0.5) is 5.13 Å². The quantitative estimate of drug-likeness (QED) is 0.377. The van der Waals surface area contributed by atoms with Crippen LogP contribution in [0.5, 0.6) is 23.0 Å². The number of para-hydroxylation sites is 1. The summed E-state index contributed by atoms with van der Waals surface area (Å²) in [6.07, 6.45) is 3.41. The van der Waals surface area contributed by atoms with Gasteiger partial charge in [0.05, 0.1) is 40.5 Å². The van der Waals surface area contributed by atoms with E-state index in [9.17, 15) is 4.79 Å². The molecule has 4 rings (SSSR count). The molecule has 0 atom stereocenters. The van der Waals surface area contributed by atoms with Crippen molar-refractivity contribution in [2.24, 2.45) is 0 Å². The van der Waals surface area contributed by atoms with E-state index >= 15 is 0 Å². The Morgan fingerprint density at radius 1 is 0.909 bits per heavy atom. The lowest BCUT2D eigenvalue weighted by molar-refractivity contribution is 0.0981. The zero-order valence-electron chi connectivity index (χ0n) is 18.7. The van der Waals surface area contributed by atoms with Crippen molar-refractivity contribution in [2.45, 2.75) is 6.54 Å². The van der Waals surface area contributed by atoms with Crippen molar-refractivity contribution < 1.29 is 23.7 Å². The van der Waals surface area contributed by atoms with Crippen LogP contribution < -0.4 is 23.8 Å². The van der Waals surface area contributed by atoms with E-state index in [4.69, 9.17) is 23.9 Å². The summed E-state index contributed by atoms with van der Waals surface area (Å²) in [6.45, 7) is 0.261. The predicted molar refractivity (Wildman–Crippen MR) is 127 cm³/mol. The molecule has 0 unspecified atom stereocenters. The van der Waals surface area contributed by atoms with Crippen LogP contribution in [0, 0.1) is 0 Å². The standard InChI is InChI=1S/C24H23N3O5S/c1-29-17-10-11-19(31-3)22-20(17)26-24(33-22)27(14-15-7-6-12-25-13-15)23(28)16-8-5-9-18(30-2)21(16)32-4/h5-13H,14H2,1-4H3. The van der Waals surface area contributed by atoms with E-state index in [1.54, 1.807) is 55.8 Å². The maximum atomic E-state index is 13.9. The number of rotatable bonds is 8. The maximum absolute atomic E-state index is 13.9. The van der Waals surface area contributed by atoms with Crippen LogP contribution >= 0.6 is 11.3 Å². The van der Waals surface area contributed by atoms with Crippen LogP contribution in [0.2, 0.25) is 0 Å². The third kappa shape index (κ3) is 4.27. The largest absolute Gasteiger partial charge is 0.495 e. The Labute approximate surface area is 195 Å². The second-order valence-corrected chi connectivity index (χ2v) is 7.92. The first kappa shape index (κ1) is 22.3. The fourth-order valence-electron chi connectivity index (χ4n) is 3.49. The lowest BCUT2D eigenvalue weighted by atomic mass is 10.1. The van der Waals surface area contributed by atoms with Gasteiger partial charge >= 0.3 is 0 Å². The highest BCUT2D eigenvalue weighted by atomic mass is 32.1. The summed E-state index contributed by atoms with van der Waals surface area (Å²) < 4.78 is 22.7. The zero-order chi connectivity index (χ0) is 23.4. The van der Waals surface area contributed by atoms with Gasteiger partial charge in [-0.05, 0) is 35.9 Å². The number of fused-ring (bicyclic) bond motifs is 1. The third-order valence-electron chi connectivity index (χ3n) is 5.07. The molecule has 170 valence electrons. The summed E-state index contributed by atoms with van der Waals surface area (Å²) in [7, 11) is 6.22. The number of carbonyl (C=O) groups excluding carboxylic acids is 1. The molecule has 1 amide bonds. The number of methoxy groups -OCH3 is 4. The molecule has 0 aliphatic rings. The first-order chi connectivity index (χ1) is 16.1. The van der Waals surface area contributed by atoms with Gasteiger partial charge in [-0.2, -0.15) is 0 Å². The molecule has 0 bridgehead atoms. The molecular weight excluding hydrogens is 442 g/mol. The Hall–Kier alpha value is -3.85. The smallest absolute Gasteiger partial charge is 0.264 e. The fourth-order valence-corrected chi connectivity index (χ4v) is 4.56. The molecular formula is C24H23N3O5S. The number of pyridine rings is 1. The fraction of sp³-hybridized carbons (Fsp3) is 0.208. The van der Waals surface area contributed by atoms with Gasteiger partial charge in [0.2, 0.25) is 0 Å². The summed E-state index contributed by atoms with van der Waals surface area (Å²) in [5, 5.41) is 0.492. The number of aromatic nitrogens is 2. The van der Waals surface area contributed by atoms with Crippen molar-refractivity contribution in [3.63, 3.8) is 0 Å². The zero-order valence-corrected chi connectivity index (χ0v) is 19.5. The number of benzene rings is 2. The molecule has 0 saturated carbocycles.